The molecule has 1 amide bonds. The molecule has 1 heterocycles. The minimum atomic E-state index is -4.43. The van der Waals surface area contributed by atoms with E-state index in [1.807, 2.05) is 0 Å². The van der Waals surface area contributed by atoms with Crippen LogP contribution in [0.1, 0.15) is 17.1 Å². The molecule has 0 spiro atoms. The van der Waals surface area contributed by atoms with Crippen LogP contribution in [0.25, 0.3) is 0 Å². The summed E-state index contributed by atoms with van der Waals surface area (Å²) in [6.07, 6.45) is -3.78. The third kappa shape index (κ3) is 3.73. The molecule has 0 aromatic carbocycles. The normalized spacial score (nSPS) is 21.2. The van der Waals surface area contributed by atoms with Crippen molar-refractivity contribution in [2.45, 2.75) is 23.4 Å². The SMILES string of the molecule is O=C(NCCc1nc(C(F)(F)F)cs1)[C@H]1CC1(Cl)Cl. The largest absolute Gasteiger partial charge is 0.434 e. The van der Waals surface area contributed by atoms with Crippen LogP contribution in [0.2, 0.25) is 0 Å². The van der Waals surface area contributed by atoms with Crippen LogP contribution < -0.4 is 5.32 Å². The second kappa shape index (κ2) is 5.10. The summed E-state index contributed by atoms with van der Waals surface area (Å²) in [6.45, 7) is 0.212. The van der Waals surface area contributed by atoms with Gasteiger partial charge in [0, 0.05) is 18.3 Å². The highest BCUT2D eigenvalue weighted by molar-refractivity contribution is 7.09. The third-order valence-electron chi connectivity index (χ3n) is 2.62. The lowest BCUT2D eigenvalue weighted by atomic mass is 10.3. The lowest BCUT2D eigenvalue weighted by Gasteiger charge is -2.03. The number of rotatable bonds is 4. The molecule has 1 aliphatic rings. The van der Waals surface area contributed by atoms with Crippen LogP contribution >= 0.6 is 34.5 Å². The standard InChI is InChI=1S/C10H9Cl2F3N2OS/c11-9(12)3-5(9)8(18)16-2-1-7-17-6(4-19-7)10(13,14)15/h4-5H,1-3H2,(H,16,18)/t5-/m1/s1. The fraction of sp³-hybridized carbons (Fsp3) is 0.600. The van der Waals surface area contributed by atoms with E-state index in [0.29, 0.717) is 11.4 Å². The number of hydrogen-bond acceptors (Lipinski definition) is 3. The molecule has 0 unspecified atom stereocenters. The quantitative estimate of drug-likeness (QED) is 0.861. The fourth-order valence-electron chi connectivity index (χ4n) is 1.47. The van der Waals surface area contributed by atoms with Gasteiger partial charge in [-0.15, -0.1) is 34.5 Å². The zero-order valence-corrected chi connectivity index (χ0v) is 11.8. The summed E-state index contributed by atoms with van der Waals surface area (Å²) in [6, 6.07) is 0. The van der Waals surface area contributed by atoms with E-state index in [2.05, 4.69) is 10.3 Å². The molecule has 0 radical (unpaired) electrons. The Hall–Kier alpha value is -0.530. The van der Waals surface area contributed by atoms with Gasteiger partial charge in [0.1, 0.15) is 4.33 Å². The molecule has 106 valence electrons. The molecule has 1 aromatic heterocycles. The van der Waals surface area contributed by atoms with E-state index < -0.39 is 22.1 Å². The molecule has 1 aromatic rings. The van der Waals surface area contributed by atoms with Crippen LogP contribution in [-0.4, -0.2) is 21.8 Å². The number of thiazole rings is 1. The summed E-state index contributed by atoms with van der Waals surface area (Å²) >= 11 is 12.4. The Bertz CT molecular complexity index is 489. The smallest absolute Gasteiger partial charge is 0.355 e. The first kappa shape index (κ1) is 14.9. The zero-order chi connectivity index (χ0) is 14.3. The molecule has 3 nitrogen and oxygen atoms in total. The van der Waals surface area contributed by atoms with Gasteiger partial charge in [0.2, 0.25) is 5.91 Å². The van der Waals surface area contributed by atoms with Crippen molar-refractivity contribution in [2.75, 3.05) is 6.54 Å². The van der Waals surface area contributed by atoms with Crippen molar-refractivity contribution in [2.24, 2.45) is 5.92 Å². The lowest BCUT2D eigenvalue weighted by molar-refractivity contribution is -0.140. The van der Waals surface area contributed by atoms with Gasteiger partial charge in [0.15, 0.2) is 5.69 Å². The van der Waals surface area contributed by atoms with Gasteiger partial charge in [-0.1, -0.05) is 0 Å². The minimum Gasteiger partial charge on any atom is -0.355 e. The Labute approximate surface area is 121 Å². The number of aromatic nitrogens is 1. The number of carbonyl (C=O) groups is 1. The van der Waals surface area contributed by atoms with E-state index >= 15 is 0 Å². The van der Waals surface area contributed by atoms with Gasteiger partial charge in [-0.3, -0.25) is 4.79 Å². The molecule has 0 aliphatic heterocycles. The molecule has 0 saturated heterocycles. The fourth-order valence-corrected chi connectivity index (χ4v) is 2.78. The Balaban J connectivity index is 1.77. The van der Waals surface area contributed by atoms with E-state index in [-0.39, 0.29) is 18.9 Å². The van der Waals surface area contributed by atoms with Crippen molar-refractivity contribution >= 4 is 40.4 Å². The van der Waals surface area contributed by atoms with Gasteiger partial charge in [0.05, 0.1) is 10.9 Å². The predicted molar refractivity (Wildman–Crippen MR) is 66.4 cm³/mol. The van der Waals surface area contributed by atoms with Gasteiger partial charge >= 0.3 is 6.18 Å². The first-order chi connectivity index (χ1) is 8.70. The van der Waals surface area contributed by atoms with Crippen molar-refractivity contribution in [3.8, 4) is 0 Å². The number of hydrogen-bond donors (Lipinski definition) is 1. The van der Waals surface area contributed by atoms with Crippen LogP contribution in [0.5, 0.6) is 0 Å². The van der Waals surface area contributed by atoms with E-state index in [4.69, 9.17) is 23.2 Å². The first-order valence-corrected chi connectivity index (χ1v) is 7.01. The number of alkyl halides is 5. The monoisotopic (exact) mass is 332 g/mol. The average molecular weight is 333 g/mol. The molecule has 2 rings (SSSR count). The number of halogens is 5. The Morgan fingerprint density at radius 2 is 2.21 bits per heavy atom. The third-order valence-corrected chi connectivity index (χ3v) is 4.37. The van der Waals surface area contributed by atoms with Crippen LogP contribution in [0.3, 0.4) is 0 Å². The Morgan fingerprint density at radius 3 is 2.68 bits per heavy atom. The predicted octanol–water partition coefficient (Wildman–Crippen LogP) is 3.01. The topological polar surface area (TPSA) is 42.0 Å². The van der Waals surface area contributed by atoms with Crippen molar-refractivity contribution in [1.29, 1.82) is 0 Å². The molecular formula is C10H9Cl2F3N2OS. The maximum Gasteiger partial charge on any atom is 0.434 e. The molecule has 1 aliphatic carbocycles. The maximum absolute atomic E-state index is 12.3. The second-order valence-electron chi connectivity index (χ2n) is 4.18. The highest BCUT2D eigenvalue weighted by atomic mass is 35.5. The van der Waals surface area contributed by atoms with Crippen molar-refractivity contribution in [1.82, 2.24) is 10.3 Å². The number of carbonyl (C=O) groups excluding carboxylic acids is 1. The van der Waals surface area contributed by atoms with Crippen LogP contribution in [0.15, 0.2) is 5.38 Å². The summed E-state index contributed by atoms with van der Waals surface area (Å²) < 4.78 is 35.9. The number of nitrogens with zero attached hydrogens (tertiary/aromatic N) is 1. The molecule has 1 atom stereocenters. The molecule has 1 N–H and O–H groups in total. The molecule has 1 saturated carbocycles. The summed E-state index contributed by atoms with van der Waals surface area (Å²) in [7, 11) is 0. The van der Waals surface area contributed by atoms with E-state index in [9.17, 15) is 18.0 Å². The van der Waals surface area contributed by atoms with Gasteiger partial charge in [0.25, 0.3) is 0 Å². The van der Waals surface area contributed by atoms with Gasteiger partial charge in [-0.05, 0) is 6.42 Å². The summed E-state index contributed by atoms with van der Waals surface area (Å²) in [5.74, 6) is -0.713. The molecule has 19 heavy (non-hydrogen) atoms. The highest BCUT2D eigenvalue weighted by Gasteiger charge is 2.56. The zero-order valence-electron chi connectivity index (χ0n) is 9.43. The minimum absolute atomic E-state index is 0.212. The van der Waals surface area contributed by atoms with Crippen molar-refractivity contribution in [3.05, 3.63) is 16.1 Å². The summed E-state index contributed by atoms with van der Waals surface area (Å²) in [4.78, 5) is 15.0. The molecular weight excluding hydrogens is 324 g/mol. The summed E-state index contributed by atoms with van der Waals surface area (Å²) in [5, 5.41) is 3.86. The van der Waals surface area contributed by atoms with Gasteiger partial charge < -0.3 is 5.32 Å². The van der Waals surface area contributed by atoms with Crippen LogP contribution in [0.4, 0.5) is 13.2 Å². The molecule has 9 heteroatoms. The Morgan fingerprint density at radius 1 is 1.58 bits per heavy atom. The van der Waals surface area contributed by atoms with Crippen molar-refractivity contribution in [3.63, 3.8) is 0 Å². The summed E-state index contributed by atoms with van der Waals surface area (Å²) in [5.41, 5.74) is -0.901. The van der Waals surface area contributed by atoms with E-state index in [1.165, 1.54) is 0 Å². The van der Waals surface area contributed by atoms with Gasteiger partial charge in [-0.2, -0.15) is 13.2 Å². The number of nitrogens with one attached hydrogen (secondary N) is 1. The maximum atomic E-state index is 12.3. The van der Waals surface area contributed by atoms with E-state index in [1.54, 1.807) is 0 Å². The number of amides is 1. The van der Waals surface area contributed by atoms with Crippen LogP contribution in [-0.2, 0) is 17.4 Å². The van der Waals surface area contributed by atoms with E-state index in [0.717, 1.165) is 16.7 Å². The lowest BCUT2D eigenvalue weighted by Crippen LogP contribution is -2.28. The second-order valence-corrected chi connectivity index (χ2v) is 6.67. The van der Waals surface area contributed by atoms with Crippen LogP contribution in [0, 0.1) is 5.92 Å². The Kier molecular flexibility index (Phi) is 3.99. The highest BCUT2D eigenvalue weighted by Crippen LogP contribution is 2.53. The molecule has 1 fully saturated rings. The first-order valence-electron chi connectivity index (χ1n) is 5.37. The van der Waals surface area contributed by atoms with Crippen molar-refractivity contribution < 1.29 is 18.0 Å². The average Bonchev–Trinajstić information content (AvgIpc) is 2.74. The molecule has 0 bridgehead atoms. The van der Waals surface area contributed by atoms with Gasteiger partial charge in [-0.25, -0.2) is 4.98 Å².